The van der Waals surface area contributed by atoms with Crippen molar-refractivity contribution < 1.29 is 8.42 Å². The molecule has 24 heavy (non-hydrogen) atoms. The maximum Gasteiger partial charge on any atom is 0.246 e. The lowest BCUT2D eigenvalue weighted by atomic mass is 10.2. The van der Waals surface area contributed by atoms with Crippen LogP contribution in [-0.2, 0) is 10.0 Å². The molecule has 1 aliphatic rings. The van der Waals surface area contributed by atoms with Crippen molar-refractivity contribution in [2.24, 2.45) is 0 Å². The zero-order chi connectivity index (χ0) is 17.3. The fourth-order valence-corrected chi connectivity index (χ4v) is 6.04. The molecule has 0 amide bonds. The van der Waals surface area contributed by atoms with E-state index in [0.29, 0.717) is 30.7 Å². The lowest BCUT2D eigenvalue weighted by Crippen LogP contribution is -2.48. The summed E-state index contributed by atoms with van der Waals surface area (Å²) in [5.41, 5.74) is 1.09. The van der Waals surface area contributed by atoms with Crippen molar-refractivity contribution >= 4 is 54.8 Å². The van der Waals surface area contributed by atoms with Gasteiger partial charge < -0.3 is 4.90 Å². The topological polar surface area (TPSA) is 40.6 Å². The van der Waals surface area contributed by atoms with Crippen molar-refractivity contribution in [3.05, 3.63) is 57.0 Å². The molecule has 2 aromatic rings. The molecule has 0 N–H and O–H groups in total. The van der Waals surface area contributed by atoms with Gasteiger partial charge in [0.1, 0.15) is 4.90 Å². The van der Waals surface area contributed by atoms with E-state index in [0.717, 1.165) is 5.69 Å². The van der Waals surface area contributed by atoms with E-state index in [9.17, 15) is 8.42 Å². The monoisotopic (exact) mass is 448 g/mol. The third kappa shape index (κ3) is 3.58. The van der Waals surface area contributed by atoms with Gasteiger partial charge in [-0.25, -0.2) is 8.42 Å². The highest BCUT2D eigenvalue weighted by Crippen LogP contribution is 2.35. The summed E-state index contributed by atoms with van der Waals surface area (Å²) in [6.07, 6.45) is 0. The number of rotatable bonds is 3. The van der Waals surface area contributed by atoms with Crippen LogP contribution in [0.1, 0.15) is 0 Å². The number of benzene rings is 2. The van der Waals surface area contributed by atoms with Crippen LogP contribution < -0.4 is 4.90 Å². The molecule has 0 unspecified atom stereocenters. The second kappa shape index (κ2) is 7.22. The van der Waals surface area contributed by atoms with E-state index in [-0.39, 0.29) is 14.9 Å². The van der Waals surface area contributed by atoms with Crippen LogP contribution >= 0.6 is 39.1 Å². The Morgan fingerprint density at radius 2 is 1.46 bits per heavy atom. The van der Waals surface area contributed by atoms with Gasteiger partial charge in [-0.1, -0.05) is 57.3 Å². The third-order valence-electron chi connectivity index (χ3n) is 3.92. The Morgan fingerprint density at radius 3 is 2.00 bits per heavy atom. The van der Waals surface area contributed by atoms with Crippen LogP contribution in [0.3, 0.4) is 0 Å². The Labute approximate surface area is 160 Å². The smallest absolute Gasteiger partial charge is 0.246 e. The maximum absolute atomic E-state index is 12.9. The van der Waals surface area contributed by atoms with E-state index < -0.39 is 10.0 Å². The van der Waals surface area contributed by atoms with Crippen LogP contribution in [0.4, 0.5) is 5.69 Å². The number of hydrogen-bond donors (Lipinski definition) is 0. The number of anilines is 1. The summed E-state index contributed by atoms with van der Waals surface area (Å²) >= 11 is 15.5. The van der Waals surface area contributed by atoms with Crippen LogP contribution in [0, 0.1) is 0 Å². The van der Waals surface area contributed by atoms with E-state index in [2.05, 4.69) is 20.8 Å². The molecule has 128 valence electrons. The van der Waals surface area contributed by atoms with Crippen LogP contribution in [0.2, 0.25) is 10.0 Å². The molecule has 2 aromatic carbocycles. The van der Waals surface area contributed by atoms with Crippen molar-refractivity contribution in [1.29, 1.82) is 0 Å². The van der Waals surface area contributed by atoms with Crippen LogP contribution in [0.5, 0.6) is 0 Å². The summed E-state index contributed by atoms with van der Waals surface area (Å²) in [5.74, 6) is 0. The molecule has 0 bridgehead atoms. The van der Waals surface area contributed by atoms with Gasteiger partial charge in [0.15, 0.2) is 0 Å². The molecule has 0 spiro atoms. The molecule has 1 fully saturated rings. The minimum absolute atomic E-state index is 0.0257. The molecule has 1 heterocycles. The highest BCUT2D eigenvalue weighted by atomic mass is 79.9. The summed E-state index contributed by atoms with van der Waals surface area (Å²) < 4.78 is 27.9. The maximum atomic E-state index is 12.9. The van der Waals surface area contributed by atoms with Gasteiger partial charge in [-0.2, -0.15) is 4.31 Å². The highest BCUT2D eigenvalue weighted by Gasteiger charge is 2.32. The largest absolute Gasteiger partial charge is 0.369 e. The zero-order valence-corrected chi connectivity index (χ0v) is 16.5. The molecule has 1 saturated heterocycles. The first kappa shape index (κ1) is 18.0. The predicted octanol–water partition coefficient (Wildman–Crippen LogP) is 4.27. The normalized spacial score (nSPS) is 16.4. The second-order valence-corrected chi connectivity index (χ2v) is 9.03. The average Bonchev–Trinajstić information content (AvgIpc) is 2.54. The summed E-state index contributed by atoms with van der Waals surface area (Å²) in [6.45, 7) is 2.02. The molecule has 1 aliphatic heterocycles. The minimum Gasteiger partial charge on any atom is -0.369 e. The van der Waals surface area contributed by atoms with E-state index in [1.54, 1.807) is 12.1 Å². The van der Waals surface area contributed by atoms with Gasteiger partial charge >= 0.3 is 0 Å². The summed E-state index contributed by atoms with van der Waals surface area (Å²) in [4.78, 5) is 2.14. The molecule has 0 aliphatic carbocycles. The summed E-state index contributed by atoms with van der Waals surface area (Å²) in [7, 11) is -3.72. The van der Waals surface area contributed by atoms with Crippen LogP contribution in [-0.4, -0.2) is 38.9 Å². The van der Waals surface area contributed by atoms with Gasteiger partial charge in [0.25, 0.3) is 0 Å². The van der Waals surface area contributed by atoms with Gasteiger partial charge in [0.2, 0.25) is 10.0 Å². The molecular formula is C16H15BrCl2N2O2S. The molecule has 8 heteroatoms. The number of halogens is 3. The average molecular weight is 450 g/mol. The first-order chi connectivity index (χ1) is 11.4. The third-order valence-corrected chi connectivity index (χ3v) is 7.20. The van der Waals surface area contributed by atoms with Crippen LogP contribution in [0.15, 0.2) is 51.8 Å². The van der Waals surface area contributed by atoms with Crippen molar-refractivity contribution in [2.45, 2.75) is 4.90 Å². The van der Waals surface area contributed by atoms with Gasteiger partial charge in [0.05, 0.1) is 10.0 Å². The number of hydrogen-bond acceptors (Lipinski definition) is 3. The first-order valence-corrected chi connectivity index (χ1v) is 10.3. The van der Waals surface area contributed by atoms with E-state index in [1.807, 2.05) is 30.3 Å². The summed E-state index contributed by atoms with van der Waals surface area (Å²) in [5, 5.41) is 0.250. The molecule has 0 atom stereocenters. The summed E-state index contributed by atoms with van der Waals surface area (Å²) in [6, 6.07) is 13.0. The lowest BCUT2D eigenvalue weighted by Gasteiger charge is -2.35. The number of sulfonamides is 1. The SMILES string of the molecule is O=S(=O)(c1c(Cl)cc(Br)cc1Cl)N1CCN(c2ccccc2)CC1. The van der Waals surface area contributed by atoms with Gasteiger partial charge in [-0.3, -0.25) is 0 Å². The predicted molar refractivity (Wildman–Crippen MR) is 102 cm³/mol. The molecule has 0 saturated carbocycles. The van der Waals surface area contributed by atoms with Gasteiger partial charge in [-0.15, -0.1) is 0 Å². The first-order valence-electron chi connectivity index (χ1n) is 7.34. The Morgan fingerprint density at radius 1 is 0.917 bits per heavy atom. The van der Waals surface area contributed by atoms with Gasteiger partial charge in [-0.05, 0) is 24.3 Å². The standard InChI is InChI=1S/C16H15BrCl2N2O2S/c17-12-10-14(18)16(15(19)11-12)24(22,23)21-8-6-20(7-9-21)13-4-2-1-3-5-13/h1-5,10-11H,6-9H2. The Hall–Kier alpha value is -0.790. The van der Waals surface area contributed by atoms with Crippen molar-refractivity contribution in [2.75, 3.05) is 31.1 Å². The number of piperazine rings is 1. The van der Waals surface area contributed by atoms with E-state index in [1.165, 1.54) is 4.31 Å². The van der Waals surface area contributed by atoms with Crippen molar-refractivity contribution in [3.8, 4) is 0 Å². The van der Waals surface area contributed by atoms with Gasteiger partial charge in [0, 0.05) is 36.3 Å². The number of para-hydroxylation sites is 1. The number of nitrogens with zero attached hydrogens (tertiary/aromatic N) is 2. The fourth-order valence-electron chi connectivity index (χ4n) is 2.73. The Bertz CT molecular complexity index is 815. The van der Waals surface area contributed by atoms with Crippen molar-refractivity contribution in [3.63, 3.8) is 0 Å². The Balaban J connectivity index is 1.81. The minimum atomic E-state index is -3.72. The lowest BCUT2D eigenvalue weighted by molar-refractivity contribution is 0.385. The van der Waals surface area contributed by atoms with E-state index >= 15 is 0 Å². The molecule has 0 radical (unpaired) electrons. The zero-order valence-electron chi connectivity index (χ0n) is 12.6. The molecular weight excluding hydrogens is 435 g/mol. The molecule has 0 aromatic heterocycles. The van der Waals surface area contributed by atoms with Crippen molar-refractivity contribution in [1.82, 2.24) is 4.31 Å². The highest BCUT2D eigenvalue weighted by molar-refractivity contribution is 9.10. The Kier molecular flexibility index (Phi) is 5.42. The molecule has 4 nitrogen and oxygen atoms in total. The quantitative estimate of drug-likeness (QED) is 0.702. The second-order valence-electron chi connectivity index (χ2n) is 5.43. The van der Waals surface area contributed by atoms with E-state index in [4.69, 9.17) is 23.2 Å². The fraction of sp³-hybridized carbons (Fsp3) is 0.250. The molecule has 3 rings (SSSR count). The van der Waals surface area contributed by atoms with Crippen LogP contribution in [0.25, 0.3) is 0 Å².